The average molecular weight is 434 g/mol. The number of halogens is 1. The second-order valence-corrected chi connectivity index (χ2v) is 7.39. The number of fused-ring (bicyclic) bond motifs is 1. The number of carbonyl (C=O) groups excluding carboxylic acids is 1. The van der Waals surface area contributed by atoms with Crippen molar-refractivity contribution in [2.24, 2.45) is 0 Å². The fourth-order valence-electron chi connectivity index (χ4n) is 2.67. The van der Waals surface area contributed by atoms with Crippen molar-refractivity contribution >= 4 is 45.2 Å². The van der Waals surface area contributed by atoms with Gasteiger partial charge in [0.05, 0.1) is 17.1 Å². The molecule has 5 nitrogen and oxygen atoms in total. The smallest absolute Gasteiger partial charge is 0.256 e. The molecule has 0 atom stereocenters. The zero-order chi connectivity index (χ0) is 17.4. The number of hydrogen-bond donors (Lipinski definition) is 1. The van der Waals surface area contributed by atoms with E-state index in [1.165, 1.54) is 0 Å². The molecule has 0 saturated heterocycles. The van der Waals surface area contributed by atoms with Crippen molar-refractivity contribution in [3.8, 4) is 0 Å². The topological polar surface area (TPSA) is 59.8 Å². The van der Waals surface area contributed by atoms with Crippen LogP contribution in [0.1, 0.15) is 41.5 Å². The highest BCUT2D eigenvalue weighted by atomic mass is 127. The Morgan fingerprint density at radius 2 is 2.00 bits per heavy atom. The molecule has 3 aromatic rings. The Morgan fingerprint density at radius 3 is 2.67 bits per heavy atom. The van der Waals surface area contributed by atoms with Crippen LogP contribution in [0, 0.1) is 17.4 Å². The van der Waals surface area contributed by atoms with Crippen LogP contribution in [0.4, 0.5) is 5.69 Å². The van der Waals surface area contributed by atoms with Crippen LogP contribution in [0.2, 0.25) is 0 Å². The van der Waals surface area contributed by atoms with E-state index >= 15 is 0 Å². The predicted molar refractivity (Wildman–Crippen MR) is 104 cm³/mol. The SMILES string of the molecule is Cc1cc(C(=O)Nc2ccc(I)cc2C)c2cnn(C(C)C)c2n1. The van der Waals surface area contributed by atoms with Crippen molar-refractivity contribution in [3.05, 3.63) is 50.9 Å². The van der Waals surface area contributed by atoms with Crippen molar-refractivity contribution in [1.82, 2.24) is 14.8 Å². The number of anilines is 1. The highest BCUT2D eigenvalue weighted by molar-refractivity contribution is 14.1. The van der Waals surface area contributed by atoms with Crippen molar-refractivity contribution in [1.29, 1.82) is 0 Å². The first-order valence-electron chi connectivity index (χ1n) is 7.79. The molecule has 24 heavy (non-hydrogen) atoms. The lowest BCUT2D eigenvalue weighted by atomic mass is 10.1. The summed E-state index contributed by atoms with van der Waals surface area (Å²) >= 11 is 2.26. The standard InChI is InChI=1S/C18H19IN4O/c1-10(2)23-17-15(9-20-23)14(8-12(4)21-17)18(24)22-16-6-5-13(19)7-11(16)3/h5-10H,1-4H3,(H,22,24). The minimum absolute atomic E-state index is 0.141. The molecule has 0 aliphatic carbocycles. The third kappa shape index (κ3) is 3.15. The number of rotatable bonds is 3. The Morgan fingerprint density at radius 1 is 1.25 bits per heavy atom. The lowest BCUT2D eigenvalue weighted by Crippen LogP contribution is -2.14. The summed E-state index contributed by atoms with van der Waals surface area (Å²) in [6, 6.07) is 7.95. The lowest BCUT2D eigenvalue weighted by molar-refractivity contribution is 0.102. The number of aryl methyl sites for hydroxylation is 2. The highest BCUT2D eigenvalue weighted by Gasteiger charge is 2.17. The normalized spacial score (nSPS) is 11.2. The van der Waals surface area contributed by atoms with E-state index in [1.807, 2.05) is 56.6 Å². The number of nitrogens with one attached hydrogen (secondary N) is 1. The minimum atomic E-state index is -0.141. The van der Waals surface area contributed by atoms with E-state index in [4.69, 9.17) is 0 Å². The maximum Gasteiger partial charge on any atom is 0.256 e. The molecule has 0 saturated carbocycles. The average Bonchev–Trinajstić information content (AvgIpc) is 2.92. The number of aromatic nitrogens is 3. The Kier molecular flexibility index (Phi) is 4.58. The van der Waals surface area contributed by atoms with Gasteiger partial charge in [-0.3, -0.25) is 4.79 Å². The molecule has 0 unspecified atom stereocenters. The second kappa shape index (κ2) is 6.51. The first kappa shape index (κ1) is 16.9. The van der Waals surface area contributed by atoms with Crippen LogP contribution < -0.4 is 5.32 Å². The van der Waals surface area contributed by atoms with Gasteiger partial charge in [0, 0.05) is 21.0 Å². The van der Waals surface area contributed by atoms with Gasteiger partial charge in [0.25, 0.3) is 5.91 Å². The van der Waals surface area contributed by atoms with Crippen LogP contribution in [-0.4, -0.2) is 20.7 Å². The van der Waals surface area contributed by atoms with Gasteiger partial charge in [0.1, 0.15) is 0 Å². The van der Waals surface area contributed by atoms with Gasteiger partial charge in [-0.05, 0) is 80.1 Å². The van der Waals surface area contributed by atoms with Crippen LogP contribution in [0.25, 0.3) is 11.0 Å². The van der Waals surface area contributed by atoms with E-state index in [-0.39, 0.29) is 11.9 Å². The van der Waals surface area contributed by atoms with Gasteiger partial charge in [-0.25, -0.2) is 9.67 Å². The molecule has 0 aliphatic heterocycles. The molecule has 0 aliphatic rings. The van der Waals surface area contributed by atoms with E-state index in [0.717, 1.165) is 31.5 Å². The largest absolute Gasteiger partial charge is 0.322 e. The number of pyridine rings is 1. The van der Waals surface area contributed by atoms with Crippen LogP contribution in [-0.2, 0) is 0 Å². The van der Waals surface area contributed by atoms with E-state index in [9.17, 15) is 4.79 Å². The molecular formula is C18H19IN4O. The third-order valence-corrected chi connectivity index (χ3v) is 4.54. The molecule has 3 rings (SSSR count). The molecule has 0 spiro atoms. The summed E-state index contributed by atoms with van der Waals surface area (Å²) in [6.07, 6.45) is 1.72. The summed E-state index contributed by atoms with van der Waals surface area (Å²) in [5.41, 5.74) is 4.00. The molecule has 6 heteroatoms. The van der Waals surface area contributed by atoms with Gasteiger partial charge in [-0.15, -0.1) is 0 Å². The van der Waals surface area contributed by atoms with Crippen LogP contribution >= 0.6 is 22.6 Å². The highest BCUT2D eigenvalue weighted by Crippen LogP contribution is 2.23. The monoisotopic (exact) mass is 434 g/mol. The number of carbonyl (C=O) groups is 1. The van der Waals surface area contributed by atoms with Crippen LogP contribution in [0.15, 0.2) is 30.5 Å². The van der Waals surface area contributed by atoms with E-state index < -0.39 is 0 Å². The fraction of sp³-hybridized carbons (Fsp3) is 0.278. The Hall–Kier alpha value is -1.96. The summed E-state index contributed by atoms with van der Waals surface area (Å²) < 4.78 is 2.98. The van der Waals surface area contributed by atoms with E-state index in [2.05, 4.69) is 38.0 Å². The number of amides is 1. The molecule has 2 heterocycles. The first-order chi connectivity index (χ1) is 11.4. The predicted octanol–water partition coefficient (Wildman–Crippen LogP) is 4.49. The molecule has 0 radical (unpaired) electrons. The van der Waals surface area contributed by atoms with Crippen LogP contribution in [0.3, 0.4) is 0 Å². The first-order valence-corrected chi connectivity index (χ1v) is 8.87. The van der Waals surface area contributed by atoms with Gasteiger partial charge >= 0.3 is 0 Å². The van der Waals surface area contributed by atoms with Gasteiger partial charge in [0.2, 0.25) is 0 Å². The summed E-state index contributed by atoms with van der Waals surface area (Å²) in [6.45, 7) is 7.97. The number of nitrogens with zero attached hydrogens (tertiary/aromatic N) is 3. The molecule has 0 fully saturated rings. The third-order valence-electron chi connectivity index (χ3n) is 3.87. The maximum atomic E-state index is 12.8. The Balaban J connectivity index is 2.03. The molecule has 1 amide bonds. The molecular weight excluding hydrogens is 415 g/mol. The molecule has 1 aromatic carbocycles. The zero-order valence-electron chi connectivity index (χ0n) is 14.1. The number of hydrogen-bond acceptors (Lipinski definition) is 3. The number of benzene rings is 1. The summed E-state index contributed by atoms with van der Waals surface area (Å²) in [5.74, 6) is -0.141. The second-order valence-electron chi connectivity index (χ2n) is 6.14. The molecule has 124 valence electrons. The fourth-order valence-corrected chi connectivity index (χ4v) is 3.31. The maximum absolute atomic E-state index is 12.8. The quantitative estimate of drug-likeness (QED) is 0.619. The lowest BCUT2D eigenvalue weighted by Gasteiger charge is -2.11. The van der Waals surface area contributed by atoms with Gasteiger partial charge < -0.3 is 5.32 Å². The summed E-state index contributed by atoms with van der Waals surface area (Å²) in [7, 11) is 0. The van der Waals surface area contributed by atoms with Crippen LogP contribution in [0.5, 0.6) is 0 Å². The molecule has 2 aromatic heterocycles. The zero-order valence-corrected chi connectivity index (χ0v) is 16.2. The Bertz CT molecular complexity index is 930. The summed E-state index contributed by atoms with van der Waals surface area (Å²) in [5, 5.41) is 8.17. The van der Waals surface area contributed by atoms with E-state index in [1.54, 1.807) is 6.20 Å². The minimum Gasteiger partial charge on any atom is -0.322 e. The van der Waals surface area contributed by atoms with Gasteiger partial charge in [0.15, 0.2) is 5.65 Å². The van der Waals surface area contributed by atoms with Crippen molar-refractivity contribution in [2.45, 2.75) is 33.7 Å². The van der Waals surface area contributed by atoms with Gasteiger partial charge in [-0.2, -0.15) is 5.10 Å². The van der Waals surface area contributed by atoms with Gasteiger partial charge in [-0.1, -0.05) is 0 Å². The van der Waals surface area contributed by atoms with E-state index in [0.29, 0.717) is 5.56 Å². The van der Waals surface area contributed by atoms with Crippen molar-refractivity contribution in [2.75, 3.05) is 5.32 Å². The van der Waals surface area contributed by atoms with Crippen molar-refractivity contribution in [3.63, 3.8) is 0 Å². The molecule has 0 bridgehead atoms. The van der Waals surface area contributed by atoms with Crippen molar-refractivity contribution < 1.29 is 4.79 Å². The Labute approximate surface area is 154 Å². The summed E-state index contributed by atoms with van der Waals surface area (Å²) in [4.78, 5) is 17.4. The molecule has 1 N–H and O–H groups in total.